The molecule has 96 valence electrons. The molecule has 7 heteroatoms. The topological polar surface area (TPSA) is 86.5 Å². The van der Waals surface area contributed by atoms with Crippen LogP contribution in [0.15, 0.2) is 16.6 Å². The zero-order chi connectivity index (χ0) is 13.7. The quantitative estimate of drug-likeness (QED) is 0.360. The first-order chi connectivity index (χ1) is 8.49. The Kier molecular flexibility index (Phi) is 4.96. The molecule has 0 aromatic heterocycles. The number of esters is 1. The molecular weight excluding hydrogens is 306 g/mol. The fourth-order valence-corrected chi connectivity index (χ4v) is 2.11. The van der Waals surface area contributed by atoms with Gasteiger partial charge in [0, 0.05) is 0 Å². The molecule has 18 heavy (non-hydrogen) atoms. The first kappa shape index (κ1) is 14.3. The molecule has 0 bridgehead atoms. The molecule has 1 aromatic rings. The third kappa shape index (κ3) is 3.36. The van der Waals surface area contributed by atoms with E-state index in [1.807, 2.05) is 0 Å². The van der Waals surface area contributed by atoms with Crippen LogP contribution in [0.3, 0.4) is 0 Å². The standard InChI is InChI=1S/C11H10BrNO5/c1-2-18-10(15)5-7-3-8(6-14)11(13(16)17)9(12)4-7/h3-4,6H,2,5H2,1H3. The fourth-order valence-electron chi connectivity index (χ4n) is 1.44. The molecule has 6 nitrogen and oxygen atoms in total. The van der Waals surface area contributed by atoms with E-state index in [-0.39, 0.29) is 28.8 Å². The third-order valence-electron chi connectivity index (χ3n) is 2.12. The molecule has 0 radical (unpaired) electrons. The van der Waals surface area contributed by atoms with Gasteiger partial charge in [-0.25, -0.2) is 0 Å². The van der Waals surface area contributed by atoms with Crippen LogP contribution in [0.4, 0.5) is 5.69 Å². The number of nitrogens with zero attached hydrogens (tertiary/aromatic N) is 1. The monoisotopic (exact) mass is 315 g/mol. The minimum absolute atomic E-state index is 0.0364. The van der Waals surface area contributed by atoms with Gasteiger partial charge in [0.1, 0.15) is 0 Å². The Morgan fingerprint density at radius 1 is 1.56 bits per heavy atom. The average molecular weight is 316 g/mol. The van der Waals surface area contributed by atoms with E-state index >= 15 is 0 Å². The summed E-state index contributed by atoms with van der Waals surface area (Å²) in [6, 6.07) is 2.74. The van der Waals surface area contributed by atoms with Crippen LogP contribution in [0.2, 0.25) is 0 Å². The number of hydrogen-bond acceptors (Lipinski definition) is 5. The first-order valence-corrected chi connectivity index (χ1v) is 5.86. The highest BCUT2D eigenvalue weighted by Gasteiger charge is 2.20. The van der Waals surface area contributed by atoms with Crippen molar-refractivity contribution in [2.75, 3.05) is 6.61 Å². The van der Waals surface area contributed by atoms with Gasteiger partial charge in [-0.05, 0) is 40.5 Å². The van der Waals surface area contributed by atoms with Gasteiger partial charge in [0.05, 0.1) is 28.0 Å². The van der Waals surface area contributed by atoms with Crippen molar-refractivity contribution in [1.29, 1.82) is 0 Å². The van der Waals surface area contributed by atoms with Gasteiger partial charge in [0.25, 0.3) is 5.69 Å². The minimum atomic E-state index is -0.651. The van der Waals surface area contributed by atoms with Crippen LogP contribution >= 0.6 is 15.9 Å². The number of carbonyl (C=O) groups excluding carboxylic acids is 2. The lowest BCUT2D eigenvalue weighted by molar-refractivity contribution is -0.385. The Bertz CT molecular complexity index is 500. The third-order valence-corrected chi connectivity index (χ3v) is 2.72. The van der Waals surface area contributed by atoms with E-state index in [0.29, 0.717) is 11.8 Å². The highest BCUT2D eigenvalue weighted by Crippen LogP contribution is 2.29. The fraction of sp³-hybridized carbons (Fsp3) is 0.273. The zero-order valence-electron chi connectivity index (χ0n) is 9.51. The van der Waals surface area contributed by atoms with Gasteiger partial charge in [-0.1, -0.05) is 0 Å². The predicted molar refractivity (Wildman–Crippen MR) is 66.5 cm³/mol. The zero-order valence-corrected chi connectivity index (χ0v) is 11.1. The molecule has 0 aliphatic heterocycles. The number of benzene rings is 1. The van der Waals surface area contributed by atoms with E-state index in [1.165, 1.54) is 12.1 Å². The summed E-state index contributed by atoms with van der Waals surface area (Å²) in [7, 11) is 0. The first-order valence-electron chi connectivity index (χ1n) is 5.07. The maximum atomic E-state index is 11.3. The van der Waals surface area contributed by atoms with Gasteiger partial charge >= 0.3 is 5.97 Å². The predicted octanol–water partition coefficient (Wildman–Crippen LogP) is 2.28. The minimum Gasteiger partial charge on any atom is -0.466 e. The molecule has 0 saturated carbocycles. The molecule has 1 aromatic carbocycles. The lowest BCUT2D eigenvalue weighted by Gasteiger charge is -2.05. The van der Waals surface area contributed by atoms with Gasteiger partial charge in [-0.3, -0.25) is 19.7 Å². The van der Waals surface area contributed by atoms with Gasteiger partial charge in [0.2, 0.25) is 0 Å². The molecule has 0 saturated heterocycles. The number of carbonyl (C=O) groups is 2. The van der Waals surface area contributed by atoms with Crippen molar-refractivity contribution in [1.82, 2.24) is 0 Å². The van der Waals surface area contributed by atoms with Crippen LogP contribution < -0.4 is 0 Å². The Labute approximate surface area is 111 Å². The number of rotatable bonds is 5. The summed E-state index contributed by atoms with van der Waals surface area (Å²) in [4.78, 5) is 32.2. The summed E-state index contributed by atoms with van der Waals surface area (Å²) in [6.45, 7) is 1.94. The van der Waals surface area contributed by atoms with Crippen molar-refractivity contribution in [3.05, 3.63) is 37.8 Å². The maximum Gasteiger partial charge on any atom is 0.310 e. The van der Waals surface area contributed by atoms with E-state index in [1.54, 1.807) is 6.92 Å². The number of aldehydes is 1. The lowest BCUT2D eigenvalue weighted by atomic mass is 10.1. The van der Waals surface area contributed by atoms with Crippen molar-refractivity contribution in [2.24, 2.45) is 0 Å². The van der Waals surface area contributed by atoms with Crippen LogP contribution in [0.5, 0.6) is 0 Å². The Hall–Kier alpha value is -1.76. The van der Waals surface area contributed by atoms with E-state index in [4.69, 9.17) is 4.74 Å². The van der Waals surface area contributed by atoms with Crippen molar-refractivity contribution in [3.63, 3.8) is 0 Å². The van der Waals surface area contributed by atoms with Crippen LogP contribution in [-0.4, -0.2) is 23.8 Å². The molecule has 0 amide bonds. The lowest BCUT2D eigenvalue weighted by Crippen LogP contribution is -2.08. The Morgan fingerprint density at radius 3 is 2.72 bits per heavy atom. The second-order valence-corrected chi connectivity index (χ2v) is 4.23. The number of nitro groups is 1. The number of halogens is 1. The normalized spacial score (nSPS) is 9.89. The summed E-state index contributed by atoms with van der Waals surface area (Å²) >= 11 is 3.02. The molecule has 0 atom stereocenters. The molecule has 0 spiro atoms. The van der Waals surface area contributed by atoms with E-state index < -0.39 is 10.9 Å². The molecule has 0 aliphatic carbocycles. The van der Waals surface area contributed by atoms with Crippen molar-refractivity contribution in [3.8, 4) is 0 Å². The Balaban J connectivity index is 3.11. The molecule has 0 heterocycles. The number of nitro benzene ring substituents is 1. The summed E-state index contributed by atoms with van der Waals surface area (Å²) in [5.41, 5.74) is 0.0966. The molecule has 0 N–H and O–H groups in total. The number of ether oxygens (including phenoxy) is 1. The molecular formula is C11H10BrNO5. The van der Waals surface area contributed by atoms with Crippen molar-refractivity contribution in [2.45, 2.75) is 13.3 Å². The highest BCUT2D eigenvalue weighted by molar-refractivity contribution is 9.10. The van der Waals surface area contributed by atoms with Crippen LogP contribution in [-0.2, 0) is 16.0 Å². The van der Waals surface area contributed by atoms with Crippen LogP contribution in [0.25, 0.3) is 0 Å². The second kappa shape index (κ2) is 6.25. The summed E-state index contributed by atoms with van der Waals surface area (Å²) in [5.74, 6) is -0.449. The Morgan fingerprint density at radius 2 is 2.22 bits per heavy atom. The second-order valence-electron chi connectivity index (χ2n) is 3.37. The summed E-state index contributed by atoms with van der Waals surface area (Å²) < 4.78 is 4.92. The molecule has 0 unspecified atom stereocenters. The summed E-state index contributed by atoms with van der Waals surface area (Å²) in [6.07, 6.45) is 0.350. The van der Waals surface area contributed by atoms with Gasteiger partial charge in [0.15, 0.2) is 6.29 Å². The smallest absolute Gasteiger partial charge is 0.310 e. The molecule has 1 rings (SSSR count). The van der Waals surface area contributed by atoms with Crippen LogP contribution in [0.1, 0.15) is 22.8 Å². The highest BCUT2D eigenvalue weighted by atomic mass is 79.9. The van der Waals surface area contributed by atoms with Gasteiger partial charge < -0.3 is 4.74 Å². The van der Waals surface area contributed by atoms with E-state index in [0.717, 1.165) is 0 Å². The van der Waals surface area contributed by atoms with Gasteiger partial charge in [-0.2, -0.15) is 0 Å². The molecule has 0 aliphatic rings. The molecule has 0 fully saturated rings. The van der Waals surface area contributed by atoms with Crippen molar-refractivity contribution >= 4 is 33.9 Å². The maximum absolute atomic E-state index is 11.3. The largest absolute Gasteiger partial charge is 0.466 e. The van der Waals surface area contributed by atoms with Crippen LogP contribution in [0, 0.1) is 10.1 Å². The van der Waals surface area contributed by atoms with E-state index in [9.17, 15) is 19.7 Å². The SMILES string of the molecule is CCOC(=O)Cc1cc(Br)c([N+](=O)[O-])c(C=O)c1. The number of hydrogen-bond donors (Lipinski definition) is 0. The van der Waals surface area contributed by atoms with E-state index in [2.05, 4.69) is 15.9 Å². The van der Waals surface area contributed by atoms with Crippen molar-refractivity contribution < 1.29 is 19.2 Å². The van der Waals surface area contributed by atoms with Gasteiger partial charge in [-0.15, -0.1) is 0 Å². The average Bonchev–Trinajstić information content (AvgIpc) is 2.27. The summed E-state index contributed by atoms with van der Waals surface area (Å²) in [5, 5.41) is 10.8.